The highest BCUT2D eigenvalue weighted by atomic mass is 19.4. The number of aryl methyl sites for hydroxylation is 1. The summed E-state index contributed by atoms with van der Waals surface area (Å²) in [7, 11) is 0.636. The van der Waals surface area contributed by atoms with E-state index >= 15 is 0 Å². The quantitative estimate of drug-likeness (QED) is 0.656. The fourth-order valence-corrected chi connectivity index (χ4v) is 1.62. The summed E-state index contributed by atoms with van der Waals surface area (Å²) in [6.07, 6.45) is -7.08. The molecular formula is C13H13F4NO4. The van der Waals surface area contributed by atoms with Crippen molar-refractivity contribution >= 4 is 17.6 Å². The van der Waals surface area contributed by atoms with Gasteiger partial charge in [0.25, 0.3) is 5.60 Å². The Labute approximate surface area is 122 Å². The summed E-state index contributed by atoms with van der Waals surface area (Å²) in [5, 5.41) is 11.3. The highest BCUT2D eigenvalue weighted by molar-refractivity contribution is 5.96. The first kappa shape index (κ1) is 17.9. The molecule has 0 saturated carbocycles. The highest BCUT2D eigenvalue weighted by Gasteiger charge is 2.61. The summed E-state index contributed by atoms with van der Waals surface area (Å²) in [5.41, 5.74) is -3.82. The minimum atomic E-state index is -5.43. The average Bonchev–Trinajstić information content (AvgIpc) is 2.40. The van der Waals surface area contributed by atoms with Crippen molar-refractivity contribution in [2.24, 2.45) is 0 Å². The van der Waals surface area contributed by atoms with Crippen molar-refractivity contribution in [2.45, 2.75) is 25.1 Å². The molecule has 0 aliphatic rings. The molecule has 22 heavy (non-hydrogen) atoms. The van der Waals surface area contributed by atoms with Crippen LogP contribution in [0, 0.1) is 12.7 Å². The van der Waals surface area contributed by atoms with E-state index in [1.165, 1.54) is 12.1 Å². The molecule has 1 aromatic carbocycles. The molecule has 122 valence electrons. The lowest BCUT2D eigenvalue weighted by molar-refractivity contribution is -0.261. The van der Waals surface area contributed by atoms with E-state index in [0.717, 1.165) is 6.07 Å². The van der Waals surface area contributed by atoms with Gasteiger partial charge in [0.1, 0.15) is 5.82 Å². The summed E-state index contributed by atoms with van der Waals surface area (Å²) < 4.78 is 55.6. The highest BCUT2D eigenvalue weighted by Crippen LogP contribution is 2.34. The number of nitrogens with one attached hydrogen (secondary N) is 1. The second-order valence-electron chi connectivity index (χ2n) is 4.56. The Morgan fingerprint density at radius 2 is 1.91 bits per heavy atom. The Balaban J connectivity index is 2.98. The lowest BCUT2D eigenvalue weighted by Gasteiger charge is -2.26. The zero-order chi connectivity index (χ0) is 17.1. The Morgan fingerprint density at radius 3 is 2.41 bits per heavy atom. The van der Waals surface area contributed by atoms with Crippen LogP contribution in [-0.4, -0.2) is 35.9 Å². The predicted octanol–water partition coefficient (Wildman–Crippen LogP) is 1.93. The summed E-state index contributed by atoms with van der Waals surface area (Å²) in [6.45, 7) is 1.58. The van der Waals surface area contributed by atoms with Crippen LogP contribution in [0.5, 0.6) is 0 Å². The minimum Gasteiger partial charge on any atom is -0.467 e. The topological polar surface area (TPSA) is 75.6 Å². The molecule has 1 atom stereocenters. The number of ether oxygens (including phenoxy) is 1. The van der Waals surface area contributed by atoms with Crippen LogP contribution in [0.15, 0.2) is 18.2 Å². The van der Waals surface area contributed by atoms with Crippen LogP contribution in [-0.2, 0) is 14.3 Å². The smallest absolute Gasteiger partial charge is 0.428 e. The summed E-state index contributed by atoms with van der Waals surface area (Å²) >= 11 is 0. The van der Waals surface area contributed by atoms with Crippen molar-refractivity contribution in [1.82, 2.24) is 0 Å². The van der Waals surface area contributed by atoms with E-state index in [9.17, 15) is 32.3 Å². The molecule has 0 unspecified atom stereocenters. The maximum absolute atomic E-state index is 13.4. The standard InChI is InChI=1S/C13H13F4NO4/c1-7-3-4-8(14)9(5-7)18-10(19)6-12(21,11(20)22-2)13(15,16)17/h3-5,21H,6H2,1-2H3,(H,18,19)/t12-/m1/s1. The number of hydrogen-bond donors (Lipinski definition) is 2. The SMILES string of the molecule is COC(=O)[C@](O)(CC(=O)Nc1cc(C)ccc1F)C(F)(F)F. The third-order valence-electron chi connectivity index (χ3n) is 2.80. The molecule has 2 N–H and O–H groups in total. The Bertz CT molecular complexity index is 588. The van der Waals surface area contributed by atoms with Crippen molar-refractivity contribution in [3.63, 3.8) is 0 Å². The normalized spacial score (nSPS) is 14.1. The van der Waals surface area contributed by atoms with Gasteiger partial charge in [0, 0.05) is 0 Å². The number of hydrogen-bond acceptors (Lipinski definition) is 4. The van der Waals surface area contributed by atoms with E-state index in [-0.39, 0.29) is 5.69 Å². The maximum Gasteiger partial charge on any atom is 0.428 e. The van der Waals surface area contributed by atoms with Gasteiger partial charge in [0.15, 0.2) is 0 Å². The third kappa shape index (κ3) is 3.73. The first-order chi connectivity index (χ1) is 10.0. The number of aliphatic hydroxyl groups is 1. The van der Waals surface area contributed by atoms with E-state index in [1.54, 1.807) is 6.92 Å². The Morgan fingerprint density at radius 1 is 1.32 bits per heavy atom. The number of amides is 1. The number of esters is 1. The van der Waals surface area contributed by atoms with Crippen LogP contribution in [0.4, 0.5) is 23.2 Å². The zero-order valence-electron chi connectivity index (χ0n) is 11.6. The van der Waals surface area contributed by atoms with Crippen LogP contribution in [0.1, 0.15) is 12.0 Å². The molecule has 5 nitrogen and oxygen atoms in total. The van der Waals surface area contributed by atoms with Gasteiger partial charge in [-0.15, -0.1) is 0 Å². The number of benzene rings is 1. The van der Waals surface area contributed by atoms with Gasteiger partial charge in [-0.3, -0.25) is 4.79 Å². The van der Waals surface area contributed by atoms with Crippen molar-refractivity contribution in [3.05, 3.63) is 29.6 Å². The fraction of sp³-hybridized carbons (Fsp3) is 0.385. The summed E-state index contributed by atoms with van der Waals surface area (Å²) in [5.74, 6) is -4.29. The molecular weight excluding hydrogens is 310 g/mol. The van der Waals surface area contributed by atoms with Crippen LogP contribution in [0.3, 0.4) is 0 Å². The van der Waals surface area contributed by atoms with Crippen LogP contribution in [0.25, 0.3) is 0 Å². The molecule has 0 fully saturated rings. The van der Waals surface area contributed by atoms with E-state index in [4.69, 9.17) is 0 Å². The van der Waals surface area contributed by atoms with E-state index in [2.05, 4.69) is 4.74 Å². The first-order valence-electron chi connectivity index (χ1n) is 5.95. The zero-order valence-corrected chi connectivity index (χ0v) is 11.6. The van der Waals surface area contributed by atoms with Gasteiger partial charge in [-0.05, 0) is 24.6 Å². The Kier molecular flexibility index (Phi) is 5.13. The van der Waals surface area contributed by atoms with Crippen LogP contribution in [0.2, 0.25) is 0 Å². The molecule has 0 spiro atoms. The van der Waals surface area contributed by atoms with Gasteiger partial charge in [0.05, 0.1) is 19.2 Å². The van der Waals surface area contributed by atoms with Crippen molar-refractivity contribution < 1.29 is 37.0 Å². The van der Waals surface area contributed by atoms with Gasteiger partial charge in [-0.2, -0.15) is 13.2 Å². The summed E-state index contributed by atoms with van der Waals surface area (Å²) in [4.78, 5) is 22.8. The molecule has 0 aromatic heterocycles. The molecule has 1 rings (SSSR count). The number of methoxy groups -OCH3 is 1. The monoisotopic (exact) mass is 323 g/mol. The lowest BCUT2D eigenvalue weighted by Crippen LogP contribution is -2.54. The number of anilines is 1. The minimum absolute atomic E-state index is 0.362. The first-order valence-corrected chi connectivity index (χ1v) is 5.95. The van der Waals surface area contributed by atoms with Gasteiger partial charge in [-0.1, -0.05) is 6.07 Å². The van der Waals surface area contributed by atoms with Crippen molar-refractivity contribution in [1.29, 1.82) is 0 Å². The van der Waals surface area contributed by atoms with Gasteiger partial charge in [0.2, 0.25) is 5.91 Å². The van der Waals surface area contributed by atoms with Crippen molar-refractivity contribution in [3.8, 4) is 0 Å². The van der Waals surface area contributed by atoms with E-state index < -0.39 is 35.9 Å². The molecule has 0 bridgehead atoms. The fourth-order valence-electron chi connectivity index (χ4n) is 1.62. The molecule has 0 aliphatic carbocycles. The second kappa shape index (κ2) is 6.30. The van der Waals surface area contributed by atoms with Gasteiger partial charge >= 0.3 is 12.1 Å². The predicted molar refractivity (Wildman–Crippen MR) is 67.4 cm³/mol. The van der Waals surface area contributed by atoms with E-state index in [0.29, 0.717) is 12.7 Å². The number of alkyl halides is 3. The number of carbonyl (C=O) groups is 2. The molecule has 0 radical (unpaired) electrons. The maximum atomic E-state index is 13.4. The molecule has 9 heteroatoms. The molecule has 0 aliphatic heterocycles. The van der Waals surface area contributed by atoms with Crippen molar-refractivity contribution in [2.75, 3.05) is 12.4 Å². The Hall–Kier alpha value is -2.16. The van der Waals surface area contributed by atoms with Gasteiger partial charge in [-0.25, -0.2) is 9.18 Å². The largest absolute Gasteiger partial charge is 0.467 e. The van der Waals surface area contributed by atoms with Crippen LogP contribution >= 0.6 is 0 Å². The number of halogens is 4. The molecule has 0 saturated heterocycles. The number of rotatable bonds is 4. The van der Waals surface area contributed by atoms with E-state index in [1.807, 2.05) is 5.32 Å². The lowest BCUT2D eigenvalue weighted by atomic mass is 9.98. The average molecular weight is 323 g/mol. The van der Waals surface area contributed by atoms with Crippen LogP contribution < -0.4 is 5.32 Å². The van der Waals surface area contributed by atoms with Gasteiger partial charge < -0.3 is 15.2 Å². The number of carbonyl (C=O) groups excluding carboxylic acids is 2. The second-order valence-corrected chi connectivity index (χ2v) is 4.56. The molecule has 1 aromatic rings. The molecule has 1 amide bonds. The summed E-state index contributed by atoms with van der Waals surface area (Å²) in [6, 6.07) is 3.60. The third-order valence-corrected chi connectivity index (χ3v) is 2.80. The molecule has 0 heterocycles.